The lowest BCUT2D eigenvalue weighted by molar-refractivity contribution is -0.520. The third-order valence-corrected chi connectivity index (χ3v) is 2.38. The predicted molar refractivity (Wildman–Crippen MR) is 44.6 cm³/mol. The van der Waals surface area contributed by atoms with Gasteiger partial charge in [0.15, 0.2) is 0 Å². The van der Waals surface area contributed by atoms with Crippen LogP contribution in [0.2, 0.25) is 0 Å². The minimum absolute atomic E-state index is 0.199. The summed E-state index contributed by atoms with van der Waals surface area (Å²) in [5.41, 5.74) is 0. The van der Waals surface area contributed by atoms with Crippen LogP contribution >= 0.6 is 0 Å². The number of rotatable bonds is 3. The van der Waals surface area contributed by atoms with Crippen molar-refractivity contribution in [2.75, 3.05) is 13.2 Å². The van der Waals surface area contributed by atoms with Gasteiger partial charge in [-0.25, -0.2) is 0 Å². The molecule has 0 aromatic rings. The van der Waals surface area contributed by atoms with Crippen LogP contribution in [0.4, 0.5) is 0 Å². The van der Waals surface area contributed by atoms with Crippen molar-refractivity contribution in [1.29, 1.82) is 0 Å². The van der Waals surface area contributed by atoms with Gasteiger partial charge in [-0.05, 0) is 18.8 Å². The summed E-state index contributed by atoms with van der Waals surface area (Å²) in [5.74, 6) is 0.499. The maximum atomic E-state index is 10.3. The van der Waals surface area contributed by atoms with Gasteiger partial charge >= 0.3 is 0 Å². The number of hydrogen-bond donors (Lipinski definition) is 0. The van der Waals surface area contributed by atoms with Gasteiger partial charge in [-0.2, -0.15) is 0 Å². The smallest absolute Gasteiger partial charge is 0.210 e. The van der Waals surface area contributed by atoms with E-state index < -0.39 is 6.04 Å². The van der Waals surface area contributed by atoms with Crippen molar-refractivity contribution in [3.05, 3.63) is 10.1 Å². The van der Waals surface area contributed by atoms with Gasteiger partial charge in [-0.1, -0.05) is 0 Å². The van der Waals surface area contributed by atoms with Crippen LogP contribution in [-0.4, -0.2) is 24.2 Å². The van der Waals surface area contributed by atoms with Gasteiger partial charge in [0.1, 0.15) is 0 Å². The van der Waals surface area contributed by atoms with Crippen molar-refractivity contribution < 1.29 is 9.66 Å². The lowest BCUT2D eigenvalue weighted by Gasteiger charge is -2.21. The molecule has 1 atom stereocenters. The zero-order valence-electron chi connectivity index (χ0n) is 7.36. The summed E-state index contributed by atoms with van der Waals surface area (Å²) in [4.78, 5) is 10.1. The van der Waals surface area contributed by atoms with E-state index in [1.807, 2.05) is 0 Å². The molecule has 4 nitrogen and oxygen atoms in total. The van der Waals surface area contributed by atoms with Crippen LogP contribution in [-0.2, 0) is 4.74 Å². The van der Waals surface area contributed by atoms with Crippen molar-refractivity contribution in [3.63, 3.8) is 0 Å². The molecule has 0 amide bonds. The Morgan fingerprint density at radius 1 is 1.58 bits per heavy atom. The highest BCUT2D eigenvalue weighted by molar-refractivity contribution is 4.66. The van der Waals surface area contributed by atoms with Crippen LogP contribution in [0.3, 0.4) is 0 Å². The molecule has 0 spiro atoms. The van der Waals surface area contributed by atoms with E-state index in [0.29, 0.717) is 12.3 Å². The summed E-state index contributed by atoms with van der Waals surface area (Å²) in [6.07, 6.45) is 2.67. The van der Waals surface area contributed by atoms with Gasteiger partial charge in [-0.3, -0.25) is 10.1 Å². The number of hydrogen-bond acceptors (Lipinski definition) is 3. The average molecular weight is 173 g/mol. The minimum atomic E-state index is -0.395. The van der Waals surface area contributed by atoms with E-state index in [1.165, 1.54) is 0 Å². The third kappa shape index (κ3) is 2.77. The van der Waals surface area contributed by atoms with Crippen molar-refractivity contribution in [2.45, 2.75) is 32.2 Å². The first-order valence-corrected chi connectivity index (χ1v) is 4.41. The largest absolute Gasteiger partial charge is 0.381 e. The molecule has 70 valence electrons. The van der Waals surface area contributed by atoms with Crippen LogP contribution in [0.15, 0.2) is 0 Å². The molecule has 0 saturated carbocycles. The van der Waals surface area contributed by atoms with Gasteiger partial charge in [0.05, 0.1) is 0 Å². The molecule has 0 aromatic carbocycles. The Balaban J connectivity index is 2.24. The van der Waals surface area contributed by atoms with Gasteiger partial charge < -0.3 is 4.74 Å². The summed E-state index contributed by atoms with van der Waals surface area (Å²) >= 11 is 0. The average Bonchev–Trinajstić information content (AvgIpc) is 2.06. The van der Waals surface area contributed by atoms with Crippen molar-refractivity contribution >= 4 is 0 Å². The molecule has 1 aliphatic heterocycles. The first-order chi connectivity index (χ1) is 5.70. The Morgan fingerprint density at radius 3 is 2.67 bits per heavy atom. The molecular formula is C8H15NO3. The van der Waals surface area contributed by atoms with Gasteiger partial charge in [0, 0.05) is 31.5 Å². The fourth-order valence-electron chi connectivity index (χ4n) is 1.55. The highest BCUT2D eigenvalue weighted by Crippen LogP contribution is 2.20. The first-order valence-electron chi connectivity index (χ1n) is 4.41. The van der Waals surface area contributed by atoms with Crippen LogP contribution in [0.5, 0.6) is 0 Å². The van der Waals surface area contributed by atoms with Gasteiger partial charge in [-0.15, -0.1) is 0 Å². The standard InChI is InChI=1S/C8H15NO3/c1-7(9(10)11)6-8-2-4-12-5-3-8/h7-8H,2-6H2,1H3. The van der Waals surface area contributed by atoms with Crippen LogP contribution in [0.25, 0.3) is 0 Å². The highest BCUT2D eigenvalue weighted by atomic mass is 16.6. The maximum Gasteiger partial charge on any atom is 0.210 e. The zero-order chi connectivity index (χ0) is 8.97. The van der Waals surface area contributed by atoms with Crippen LogP contribution in [0.1, 0.15) is 26.2 Å². The zero-order valence-corrected chi connectivity index (χ0v) is 7.36. The highest BCUT2D eigenvalue weighted by Gasteiger charge is 2.21. The number of ether oxygens (including phenoxy) is 1. The molecule has 0 aliphatic carbocycles. The second-order valence-corrected chi connectivity index (χ2v) is 3.43. The fraction of sp³-hybridized carbons (Fsp3) is 1.00. The Hall–Kier alpha value is -0.640. The predicted octanol–water partition coefficient (Wildman–Crippen LogP) is 1.47. The van der Waals surface area contributed by atoms with E-state index >= 15 is 0 Å². The molecule has 0 aromatic heterocycles. The lowest BCUT2D eigenvalue weighted by atomic mass is 9.93. The lowest BCUT2D eigenvalue weighted by Crippen LogP contribution is -2.23. The van der Waals surface area contributed by atoms with E-state index in [9.17, 15) is 10.1 Å². The second-order valence-electron chi connectivity index (χ2n) is 3.43. The molecule has 1 fully saturated rings. The summed E-state index contributed by atoms with van der Waals surface area (Å²) in [6.45, 7) is 3.22. The van der Waals surface area contributed by atoms with Gasteiger partial charge in [0.25, 0.3) is 0 Å². The van der Waals surface area contributed by atoms with E-state index in [4.69, 9.17) is 4.74 Å². The maximum absolute atomic E-state index is 10.3. The SMILES string of the molecule is CC(CC1CCOCC1)[N+](=O)[O-]. The van der Waals surface area contributed by atoms with Gasteiger partial charge in [0.2, 0.25) is 6.04 Å². The molecule has 0 bridgehead atoms. The molecule has 1 saturated heterocycles. The number of nitrogens with zero attached hydrogens (tertiary/aromatic N) is 1. The minimum Gasteiger partial charge on any atom is -0.381 e. The first kappa shape index (κ1) is 9.45. The molecule has 1 heterocycles. The Kier molecular flexibility index (Phi) is 3.47. The van der Waals surface area contributed by atoms with E-state index in [-0.39, 0.29) is 4.92 Å². The Labute approximate surface area is 72.1 Å². The van der Waals surface area contributed by atoms with E-state index in [2.05, 4.69) is 0 Å². The normalized spacial score (nSPS) is 22.1. The second kappa shape index (κ2) is 4.40. The molecule has 1 rings (SSSR count). The monoisotopic (exact) mass is 173 g/mol. The van der Waals surface area contributed by atoms with Crippen molar-refractivity contribution in [3.8, 4) is 0 Å². The molecule has 0 radical (unpaired) electrons. The summed E-state index contributed by atoms with van der Waals surface area (Å²) in [7, 11) is 0. The molecule has 1 unspecified atom stereocenters. The fourth-order valence-corrected chi connectivity index (χ4v) is 1.55. The van der Waals surface area contributed by atoms with E-state index in [1.54, 1.807) is 6.92 Å². The van der Waals surface area contributed by atoms with Crippen LogP contribution < -0.4 is 0 Å². The Bertz CT molecular complexity index is 154. The topological polar surface area (TPSA) is 52.4 Å². The van der Waals surface area contributed by atoms with Crippen LogP contribution in [0, 0.1) is 16.0 Å². The van der Waals surface area contributed by atoms with E-state index in [0.717, 1.165) is 26.1 Å². The summed E-state index contributed by atoms with van der Waals surface area (Å²) in [5, 5.41) is 10.3. The summed E-state index contributed by atoms with van der Waals surface area (Å²) < 4.78 is 5.17. The molecule has 12 heavy (non-hydrogen) atoms. The molecular weight excluding hydrogens is 158 g/mol. The van der Waals surface area contributed by atoms with Crippen molar-refractivity contribution in [1.82, 2.24) is 0 Å². The molecule has 0 N–H and O–H groups in total. The molecule has 4 heteroatoms. The number of nitro groups is 1. The third-order valence-electron chi connectivity index (χ3n) is 2.38. The van der Waals surface area contributed by atoms with Crippen molar-refractivity contribution in [2.24, 2.45) is 5.92 Å². The quantitative estimate of drug-likeness (QED) is 0.479. The Morgan fingerprint density at radius 2 is 2.17 bits per heavy atom. The summed E-state index contributed by atoms with van der Waals surface area (Å²) in [6, 6.07) is -0.395. The molecule has 1 aliphatic rings.